The summed E-state index contributed by atoms with van der Waals surface area (Å²) in [6.45, 7) is -0.746. The van der Waals surface area contributed by atoms with Crippen molar-refractivity contribution >= 4 is 27.6 Å². The first-order chi connectivity index (χ1) is 8.75. The van der Waals surface area contributed by atoms with Crippen LogP contribution < -0.4 is 10.1 Å². The fraction of sp³-hybridized carbons (Fsp3) is 0.364. The number of carboxylic acid groups (broad SMARTS) is 1. The Labute approximate surface area is 115 Å². The van der Waals surface area contributed by atoms with Gasteiger partial charge in [0.2, 0.25) is 0 Å². The molecule has 0 saturated carbocycles. The third-order valence-electron chi connectivity index (χ3n) is 2.35. The molecule has 106 valence electrons. The lowest BCUT2D eigenvalue weighted by atomic mass is 10.1. The van der Waals surface area contributed by atoms with Crippen molar-refractivity contribution in [1.82, 2.24) is 0 Å². The summed E-state index contributed by atoms with van der Waals surface area (Å²) in [4.78, 5) is 10.6. The van der Waals surface area contributed by atoms with Gasteiger partial charge in [-0.15, -0.1) is 0 Å². The minimum absolute atomic E-state index is 0.343. The van der Waals surface area contributed by atoms with E-state index < -0.39 is 24.6 Å². The number of aliphatic carboxylic acids is 1. The van der Waals surface area contributed by atoms with E-state index in [2.05, 4.69) is 21.2 Å². The number of hydrogen-bond acceptors (Lipinski definition) is 3. The summed E-state index contributed by atoms with van der Waals surface area (Å²) >= 11 is 3.20. The summed E-state index contributed by atoms with van der Waals surface area (Å²) in [5, 5.41) is 11.0. The van der Waals surface area contributed by atoms with Crippen molar-refractivity contribution in [1.29, 1.82) is 0 Å². The third-order valence-corrected chi connectivity index (χ3v) is 3.01. The van der Waals surface area contributed by atoms with Crippen molar-refractivity contribution in [3.05, 3.63) is 22.7 Å². The first kappa shape index (κ1) is 15.6. The van der Waals surface area contributed by atoms with Gasteiger partial charge in [-0.3, -0.25) is 4.79 Å². The molecule has 0 saturated heterocycles. The van der Waals surface area contributed by atoms with E-state index in [4.69, 9.17) is 9.84 Å². The van der Waals surface area contributed by atoms with Crippen LogP contribution in [0, 0.1) is 5.92 Å². The van der Waals surface area contributed by atoms with Gasteiger partial charge in [0.05, 0.1) is 11.6 Å². The van der Waals surface area contributed by atoms with Crippen molar-refractivity contribution < 1.29 is 27.8 Å². The van der Waals surface area contributed by atoms with Gasteiger partial charge in [0.25, 0.3) is 0 Å². The van der Waals surface area contributed by atoms with Crippen LogP contribution in [0.4, 0.5) is 18.9 Å². The molecule has 0 aliphatic rings. The lowest BCUT2D eigenvalue weighted by Gasteiger charge is -2.17. The Morgan fingerprint density at radius 1 is 1.53 bits per heavy atom. The predicted octanol–water partition coefficient (Wildman–Crippen LogP) is 3.13. The van der Waals surface area contributed by atoms with E-state index >= 15 is 0 Å². The van der Waals surface area contributed by atoms with Gasteiger partial charge >= 0.3 is 12.1 Å². The zero-order valence-corrected chi connectivity index (χ0v) is 11.4. The second kappa shape index (κ2) is 6.14. The number of rotatable bonds is 5. The fourth-order valence-corrected chi connectivity index (χ4v) is 1.74. The zero-order valence-electron chi connectivity index (χ0n) is 9.79. The second-order valence-corrected chi connectivity index (χ2v) is 4.52. The number of halogens is 4. The first-order valence-corrected chi connectivity index (χ1v) is 5.92. The molecule has 1 rings (SSSR count). The number of hydrogen-bond donors (Lipinski definition) is 2. The molecule has 4 nitrogen and oxygen atoms in total. The summed E-state index contributed by atoms with van der Waals surface area (Å²) in [6.07, 6.45) is -4.79. The maximum absolute atomic E-state index is 12.4. The van der Waals surface area contributed by atoms with Crippen LogP contribution in [-0.4, -0.2) is 30.9 Å². The summed E-state index contributed by atoms with van der Waals surface area (Å²) < 4.78 is 42.9. The molecule has 1 atom stereocenters. The minimum Gasteiger partial charge on any atom is -0.495 e. The highest BCUT2D eigenvalue weighted by Gasteiger charge is 2.44. The molecule has 0 aliphatic heterocycles. The Morgan fingerprint density at radius 2 is 2.16 bits per heavy atom. The van der Waals surface area contributed by atoms with E-state index in [9.17, 15) is 18.0 Å². The van der Waals surface area contributed by atoms with Crippen LogP contribution >= 0.6 is 15.9 Å². The van der Waals surface area contributed by atoms with Crippen molar-refractivity contribution in [3.63, 3.8) is 0 Å². The third kappa shape index (κ3) is 4.30. The number of ether oxygens (including phenoxy) is 1. The monoisotopic (exact) mass is 341 g/mol. The smallest absolute Gasteiger partial charge is 0.403 e. The molecule has 0 aromatic heterocycles. The van der Waals surface area contributed by atoms with Crippen LogP contribution in [-0.2, 0) is 4.79 Å². The van der Waals surface area contributed by atoms with Gasteiger partial charge in [-0.2, -0.15) is 13.2 Å². The van der Waals surface area contributed by atoms with Crippen LogP contribution in [0.1, 0.15) is 0 Å². The van der Waals surface area contributed by atoms with Crippen molar-refractivity contribution in [2.24, 2.45) is 5.92 Å². The van der Waals surface area contributed by atoms with Crippen LogP contribution in [0.3, 0.4) is 0 Å². The SMILES string of the molecule is COc1cc(NCC(C(=O)O)C(F)(F)F)ccc1Br. The molecular formula is C11H11BrF3NO3. The maximum Gasteiger partial charge on any atom is 0.403 e. The number of carbonyl (C=O) groups is 1. The second-order valence-electron chi connectivity index (χ2n) is 3.66. The van der Waals surface area contributed by atoms with E-state index in [1.807, 2.05) is 0 Å². The van der Waals surface area contributed by atoms with E-state index in [0.29, 0.717) is 15.9 Å². The first-order valence-electron chi connectivity index (χ1n) is 5.12. The van der Waals surface area contributed by atoms with Crippen molar-refractivity contribution in [2.45, 2.75) is 6.18 Å². The van der Waals surface area contributed by atoms with Gasteiger partial charge in [0, 0.05) is 18.3 Å². The molecule has 0 heterocycles. The molecule has 1 aromatic rings. The Balaban J connectivity index is 2.78. The largest absolute Gasteiger partial charge is 0.495 e. The topological polar surface area (TPSA) is 58.6 Å². The molecule has 1 unspecified atom stereocenters. The van der Waals surface area contributed by atoms with Crippen molar-refractivity contribution in [2.75, 3.05) is 19.0 Å². The Bertz CT molecular complexity index is 465. The van der Waals surface area contributed by atoms with Crippen LogP contribution in [0.2, 0.25) is 0 Å². The predicted molar refractivity (Wildman–Crippen MR) is 66.4 cm³/mol. The minimum atomic E-state index is -4.79. The van der Waals surface area contributed by atoms with E-state index in [0.717, 1.165) is 0 Å². The molecular weight excluding hydrogens is 331 g/mol. The van der Waals surface area contributed by atoms with Crippen LogP contribution in [0.25, 0.3) is 0 Å². The fourth-order valence-electron chi connectivity index (χ4n) is 1.33. The molecule has 0 spiro atoms. The summed E-state index contributed by atoms with van der Waals surface area (Å²) in [6, 6.07) is 4.58. The Morgan fingerprint density at radius 3 is 2.63 bits per heavy atom. The van der Waals surface area contributed by atoms with Crippen LogP contribution in [0.15, 0.2) is 22.7 Å². The average Bonchev–Trinajstić information content (AvgIpc) is 2.29. The van der Waals surface area contributed by atoms with E-state index in [-0.39, 0.29) is 0 Å². The van der Waals surface area contributed by atoms with Gasteiger partial charge in [0.1, 0.15) is 5.75 Å². The van der Waals surface area contributed by atoms with Crippen LogP contribution in [0.5, 0.6) is 5.75 Å². The summed E-state index contributed by atoms with van der Waals surface area (Å²) in [5.41, 5.74) is 0.343. The Hall–Kier alpha value is -1.44. The van der Waals surface area contributed by atoms with Gasteiger partial charge in [-0.25, -0.2) is 0 Å². The molecule has 0 amide bonds. The highest BCUT2D eigenvalue weighted by atomic mass is 79.9. The number of anilines is 1. The lowest BCUT2D eigenvalue weighted by molar-refractivity contribution is -0.190. The number of nitrogens with one attached hydrogen (secondary N) is 1. The quantitative estimate of drug-likeness (QED) is 0.863. The number of carboxylic acids is 1. The van der Waals surface area contributed by atoms with Gasteiger partial charge < -0.3 is 15.2 Å². The molecule has 1 aromatic carbocycles. The molecule has 8 heteroatoms. The zero-order chi connectivity index (χ0) is 14.6. The maximum atomic E-state index is 12.4. The molecule has 0 radical (unpaired) electrons. The molecule has 2 N–H and O–H groups in total. The normalized spacial score (nSPS) is 12.9. The molecule has 0 fully saturated rings. The summed E-state index contributed by atoms with van der Waals surface area (Å²) in [7, 11) is 1.42. The number of methoxy groups -OCH3 is 1. The van der Waals surface area contributed by atoms with Gasteiger partial charge in [-0.05, 0) is 28.1 Å². The van der Waals surface area contributed by atoms with Gasteiger partial charge in [0.15, 0.2) is 5.92 Å². The molecule has 0 aliphatic carbocycles. The standard InChI is InChI=1S/C11H11BrF3NO3/c1-19-9-4-6(2-3-8(9)12)16-5-7(10(17)18)11(13,14)15/h2-4,7,16H,5H2,1H3,(H,17,18). The Kier molecular flexibility index (Phi) is 5.04. The highest BCUT2D eigenvalue weighted by molar-refractivity contribution is 9.10. The average molecular weight is 342 g/mol. The van der Waals surface area contributed by atoms with E-state index in [1.54, 1.807) is 6.07 Å². The molecule has 0 bridgehead atoms. The number of benzene rings is 1. The van der Waals surface area contributed by atoms with Crippen molar-refractivity contribution in [3.8, 4) is 5.75 Å². The van der Waals surface area contributed by atoms with E-state index in [1.165, 1.54) is 19.2 Å². The lowest BCUT2D eigenvalue weighted by Crippen LogP contribution is -2.36. The summed E-state index contributed by atoms with van der Waals surface area (Å²) in [5.74, 6) is -3.94. The molecule has 19 heavy (non-hydrogen) atoms. The number of alkyl halides is 3. The highest BCUT2D eigenvalue weighted by Crippen LogP contribution is 2.30. The van der Waals surface area contributed by atoms with Gasteiger partial charge in [-0.1, -0.05) is 0 Å².